The van der Waals surface area contributed by atoms with Crippen molar-refractivity contribution in [1.82, 2.24) is 9.38 Å². The van der Waals surface area contributed by atoms with Crippen molar-refractivity contribution < 1.29 is 17.5 Å². The van der Waals surface area contributed by atoms with Gasteiger partial charge in [0, 0.05) is 29.4 Å². The third-order valence-corrected chi connectivity index (χ3v) is 5.93. The minimum atomic E-state index is -4.18. The van der Waals surface area contributed by atoms with E-state index >= 15 is 0 Å². The van der Waals surface area contributed by atoms with Crippen LogP contribution >= 0.6 is 0 Å². The van der Waals surface area contributed by atoms with E-state index in [1.54, 1.807) is 12.1 Å². The number of anilines is 1. The second-order valence-electron chi connectivity index (χ2n) is 8.43. The molecule has 0 aliphatic carbocycles. The van der Waals surface area contributed by atoms with Gasteiger partial charge in [0.15, 0.2) is 0 Å². The zero-order valence-electron chi connectivity index (χ0n) is 18.2. The lowest BCUT2D eigenvalue weighted by atomic mass is 10.1. The fourth-order valence-corrected chi connectivity index (χ4v) is 4.20. The Balaban J connectivity index is 1.71. The topological polar surface area (TPSA) is 116 Å². The highest BCUT2D eigenvalue weighted by molar-refractivity contribution is 7.87. The molecule has 0 unspecified atom stereocenters. The lowest BCUT2D eigenvalue weighted by Gasteiger charge is -2.22. The molecule has 10 heteroatoms. The second kappa shape index (κ2) is 8.21. The third kappa shape index (κ3) is 4.80. The first-order valence-corrected chi connectivity index (χ1v) is 11.5. The quantitative estimate of drug-likeness (QED) is 0.244. The van der Waals surface area contributed by atoms with Crippen LogP contribution in [0.3, 0.4) is 0 Å². The van der Waals surface area contributed by atoms with Crippen LogP contribution in [0.5, 0.6) is 5.75 Å². The van der Waals surface area contributed by atoms with Gasteiger partial charge in [-0.3, -0.25) is 14.5 Å². The Labute approximate surface area is 190 Å². The molecule has 0 saturated carbocycles. The van der Waals surface area contributed by atoms with Crippen molar-refractivity contribution in [2.24, 2.45) is 0 Å². The molecule has 2 aromatic heterocycles. The van der Waals surface area contributed by atoms with Gasteiger partial charge in [0.25, 0.3) is 5.69 Å². The predicted octanol–water partition coefficient (Wildman–Crippen LogP) is 4.89. The van der Waals surface area contributed by atoms with Crippen LogP contribution in [-0.4, -0.2) is 28.3 Å². The van der Waals surface area contributed by atoms with E-state index in [0.717, 1.165) is 35.7 Å². The molecule has 0 amide bonds. The van der Waals surface area contributed by atoms with Gasteiger partial charge in [-0.25, -0.2) is 4.98 Å². The van der Waals surface area contributed by atoms with Gasteiger partial charge >= 0.3 is 10.1 Å². The van der Waals surface area contributed by atoms with Crippen LogP contribution in [0.25, 0.3) is 16.9 Å². The number of pyridine rings is 1. The number of fused-ring (bicyclic) bond motifs is 1. The molecule has 4 rings (SSSR count). The molecule has 9 nitrogen and oxygen atoms in total. The zero-order valence-corrected chi connectivity index (χ0v) is 19.0. The Bertz CT molecular complexity index is 1440. The summed E-state index contributed by atoms with van der Waals surface area (Å²) in [6, 6.07) is 16.8. The molecular weight excluding hydrogens is 444 g/mol. The van der Waals surface area contributed by atoms with Crippen molar-refractivity contribution >= 4 is 27.3 Å². The van der Waals surface area contributed by atoms with Gasteiger partial charge in [-0.2, -0.15) is 8.42 Å². The van der Waals surface area contributed by atoms with E-state index in [9.17, 15) is 18.5 Å². The molecule has 170 valence electrons. The predicted molar refractivity (Wildman–Crippen MR) is 125 cm³/mol. The molecule has 2 aromatic carbocycles. The number of aromatic nitrogens is 2. The summed E-state index contributed by atoms with van der Waals surface area (Å²) >= 11 is 0. The fraction of sp³-hybridized carbons (Fsp3) is 0.174. The summed E-state index contributed by atoms with van der Waals surface area (Å²) < 4.78 is 32.6. The van der Waals surface area contributed by atoms with Gasteiger partial charge in [0.05, 0.1) is 4.92 Å². The highest BCUT2D eigenvalue weighted by Gasteiger charge is 2.21. The molecule has 0 aliphatic rings. The molecule has 4 aromatic rings. The van der Waals surface area contributed by atoms with Crippen molar-refractivity contribution in [3.05, 3.63) is 83.0 Å². The van der Waals surface area contributed by atoms with E-state index in [1.165, 1.54) is 6.07 Å². The Morgan fingerprint density at radius 3 is 2.42 bits per heavy atom. The molecule has 0 bridgehead atoms. The normalized spacial score (nSPS) is 12.0. The van der Waals surface area contributed by atoms with Crippen molar-refractivity contribution in [2.75, 3.05) is 5.32 Å². The van der Waals surface area contributed by atoms with E-state index in [0.29, 0.717) is 11.3 Å². The third-order valence-electron chi connectivity index (χ3n) is 4.67. The maximum atomic E-state index is 12.7. The number of hydrogen-bond donors (Lipinski definition) is 1. The van der Waals surface area contributed by atoms with Crippen LogP contribution in [0.15, 0.2) is 77.8 Å². The molecule has 0 atom stereocenters. The minimum Gasteiger partial charge on any atom is -0.379 e. The molecule has 0 radical (unpaired) electrons. The minimum absolute atomic E-state index is 0.101. The summed E-state index contributed by atoms with van der Waals surface area (Å²) in [7, 11) is -4.18. The van der Waals surface area contributed by atoms with Crippen LogP contribution in [0, 0.1) is 10.1 Å². The largest absolute Gasteiger partial charge is 0.379 e. The Morgan fingerprint density at radius 2 is 1.76 bits per heavy atom. The van der Waals surface area contributed by atoms with Gasteiger partial charge in [0.2, 0.25) is 0 Å². The first-order valence-electron chi connectivity index (χ1n) is 10.1. The zero-order chi connectivity index (χ0) is 23.8. The van der Waals surface area contributed by atoms with Gasteiger partial charge in [-0.15, -0.1) is 0 Å². The molecule has 2 heterocycles. The average molecular weight is 467 g/mol. The molecule has 33 heavy (non-hydrogen) atoms. The summed E-state index contributed by atoms with van der Waals surface area (Å²) in [5.74, 6) is 0.873. The average Bonchev–Trinajstić information content (AvgIpc) is 3.11. The summed E-state index contributed by atoms with van der Waals surface area (Å²) in [6.45, 7) is 6.11. The van der Waals surface area contributed by atoms with Crippen molar-refractivity contribution in [3.63, 3.8) is 0 Å². The Hall–Kier alpha value is -3.92. The van der Waals surface area contributed by atoms with E-state index in [-0.39, 0.29) is 21.9 Å². The molecule has 0 saturated heterocycles. The number of nitrogens with zero attached hydrogens (tertiary/aromatic N) is 3. The number of rotatable bonds is 6. The van der Waals surface area contributed by atoms with E-state index in [1.807, 2.05) is 55.6 Å². The molecule has 0 spiro atoms. The van der Waals surface area contributed by atoms with Crippen LogP contribution in [0.4, 0.5) is 11.5 Å². The number of nitro benzene ring substituents is 1. The van der Waals surface area contributed by atoms with Crippen LogP contribution < -0.4 is 9.50 Å². The summed E-state index contributed by atoms with van der Waals surface area (Å²) in [5.41, 5.74) is 1.61. The highest BCUT2D eigenvalue weighted by atomic mass is 32.2. The number of non-ortho nitro benzene ring substituents is 1. The van der Waals surface area contributed by atoms with Crippen LogP contribution in [-0.2, 0) is 10.1 Å². The molecule has 0 aliphatic heterocycles. The van der Waals surface area contributed by atoms with E-state index in [2.05, 4.69) is 5.32 Å². The maximum Gasteiger partial charge on any atom is 0.339 e. The smallest absolute Gasteiger partial charge is 0.339 e. The van der Waals surface area contributed by atoms with Gasteiger partial charge < -0.3 is 9.50 Å². The molecular formula is C23H22N4O5S. The van der Waals surface area contributed by atoms with Gasteiger partial charge in [0.1, 0.15) is 27.8 Å². The van der Waals surface area contributed by atoms with Crippen LogP contribution in [0.1, 0.15) is 20.8 Å². The molecule has 0 fully saturated rings. The van der Waals surface area contributed by atoms with Crippen molar-refractivity contribution in [1.29, 1.82) is 0 Å². The number of hydrogen-bond acceptors (Lipinski definition) is 7. The number of imidazole rings is 1. The maximum absolute atomic E-state index is 12.7. The van der Waals surface area contributed by atoms with Crippen LogP contribution in [0.2, 0.25) is 0 Å². The second-order valence-corrected chi connectivity index (χ2v) is 9.98. The van der Waals surface area contributed by atoms with Crippen molar-refractivity contribution in [3.8, 4) is 17.0 Å². The standard InChI is InChI=1S/C23H22N4O5S/c1-23(2,3)25-22-21(24-20-9-4-5-14-26(20)22)16-7-6-8-18(15-16)32-33(30,31)19-12-10-17(11-13-19)27(28)29/h4-15,25H,1-3H3. The van der Waals surface area contributed by atoms with E-state index < -0.39 is 15.0 Å². The SMILES string of the molecule is CC(C)(C)Nc1c(-c2cccc(OS(=O)(=O)c3ccc([N+](=O)[O-])cc3)c2)nc2ccccn12. The van der Waals surface area contributed by atoms with Gasteiger partial charge in [-0.05, 0) is 57.2 Å². The number of benzene rings is 2. The first-order chi connectivity index (χ1) is 15.5. The molecule has 1 N–H and O–H groups in total. The number of nitro groups is 1. The lowest BCUT2D eigenvalue weighted by molar-refractivity contribution is -0.384. The first kappa shape index (κ1) is 22.3. The summed E-state index contributed by atoms with van der Waals surface area (Å²) in [4.78, 5) is 14.8. The summed E-state index contributed by atoms with van der Waals surface area (Å²) in [5, 5.41) is 14.3. The summed E-state index contributed by atoms with van der Waals surface area (Å²) in [6.07, 6.45) is 1.90. The highest BCUT2D eigenvalue weighted by Crippen LogP contribution is 2.33. The lowest BCUT2D eigenvalue weighted by Crippen LogP contribution is -2.27. The number of nitrogens with one attached hydrogen (secondary N) is 1. The Kier molecular flexibility index (Phi) is 5.54. The monoisotopic (exact) mass is 466 g/mol. The fourth-order valence-electron chi connectivity index (χ4n) is 3.28. The van der Waals surface area contributed by atoms with Crippen molar-refractivity contribution in [2.45, 2.75) is 31.2 Å². The van der Waals surface area contributed by atoms with E-state index in [4.69, 9.17) is 9.17 Å². The van der Waals surface area contributed by atoms with Gasteiger partial charge in [-0.1, -0.05) is 18.2 Å². The Morgan fingerprint density at radius 1 is 1.03 bits per heavy atom.